The molecule has 3 nitrogen and oxygen atoms in total. The number of carbonyl (C=O) groups excluding carboxylic acids is 1. The molecular weight excluding hydrogens is 304 g/mol. The van der Waals surface area contributed by atoms with E-state index in [0.717, 1.165) is 23.7 Å². The summed E-state index contributed by atoms with van der Waals surface area (Å²) in [6.07, 6.45) is 3.22. The molecule has 2 rings (SSSR count). The lowest BCUT2D eigenvalue weighted by Gasteiger charge is -2.22. The van der Waals surface area contributed by atoms with Crippen molar-refractivity contribution in [1.29, 1.82) is 0 Å². The Morgan fingerprint density at radius 3 is 2.53 bits per heavy atom. The summed E-state index contributed by atoms with van der Waals surface area (Å²) in [4.78, 5) is 11.9. The monoisotopic (exact) mass is 324 g/mol. The molecule has 1 fully saturated rings. The minimum absolute atomic E-state index is 0.109. The third-order valence-electron chi connectivity index (χ3n) is 3.45. The highest BCUT2D eigenvalue weighted by Gasteiger charge is 2.26. The van der Waals surface area contributed by atoms with Crippen molar-refractivity contribution < 1.29 is 4.79 Å². The van der Waals surface area contributed by atoms with Crippen molar-refractivity contribution in [3.05, 3.63) is 34.3 Å². The number of amides is 1. The van der Waals surface area contributed by atoms with Gasteiger partial charge in [0.05, 0.1) is 6.04 Å². The van der Waals surface area contributed by atoms with E-state index in [0.29, 0.717) is 6.04 Å². The lowest BCUT2D eigenvalue weighted by atomic mass is 10.0. The van der Waals surface area contributed by atoms with Crippen LogP contribution in [-0.4, -0.2) is 18.0 Å². The molecule has 0 spiro atoms. The van der Waals surface area contributed by atoms with Crippen molar-refractivity contribution in [3.8, 4) is 0 Å². The maximum absolute atomic E-state index is 11.9. The molecule has 2 N–H and O–H groups in total. The highest BCUT2D eigenvalue weighted by molar-refractivity contribution is 9.10. The van der Waals surface area contributed by atoms with Crippen molar-refractivity contribution in [2.75, 3.05) is 0 Å². The fraction of sp³-hybridized carbons (Fsp3) is 0.533. The van der Waals surface area contributed by atoms with Crippen LogP contribution in [-0.2, 0) is 4.79 Å². The Bertz CT molecular complexity index is 428. The first-order valence-electron chi connectivity index (χ1n) is 6.92. The molecule has 0 heterocycles. The first-order chi connectivity index (χ1) is 9.10. The second-order valence-electron chi connectivity index (χ2n) is 5.18. The fourth-order valence-corrected chi connectivity index (χ4v) is 2.34. The molecule has 1 saturated carbocycles. The first kappa shape index (κ1) is 14.5. The van der Waals surface area contributed by atoms with Gasteiger partial charge in [-0.05, 0) is 43.9 Å². The van der Waals surface area contributed by atoms with Gasteiger partial charge in [0.15, 0.2) is 0 Å². The lowest BCUT2D eigenvalue weighted by Crippen LogP contribution is -2.44. The highest BCUT2D eigenvalue weighted by atomic mass is 79.9. The van der Waals surface area contributed by atoms with Crippen LogP contribution in [0.2, 0.25) is 0 Å². The topological polar surface area (TPSA) is 41.1 Å². The minimum atomic E-state index is -0.158. The van der Waals surface area contributed by atoms with Gasteiger partial charge in [-0.15, -0.1) is 0 Å². The average molecular weight is 325 g/mol. The molecule has 1 aliphatic carbocycles. The molecule has 1 aromatic rings. The summed E-state index contributed by atoms with van der Waals surface area (Å²) in [5.74, 6) is 0.109. The highest BCUT2D eigenvalue weighted by Crippen LogP contribution is 2.21. The molecule has 1 aliphatic rings. The Morgan fingerprint density at radius 1 is 1.37 bits per heavy atom. The molecule has 0 aliphatic heterocycles. The van der Waals surface area contributed by atoms with Crippen LogP contribution in [0, 0.1) is 0 Å². The van der Waals surface area contributed by atoms with E-state index >= 15 is 0 Å². The molecule has 0 saturated heterocycles. The molecule has 1 aromatic carbocycles. The van der Waals surface area contributed by atoms with Gasteiger partial charge in [-0.3, -0.25) is 10.1 Å². The molecule has 19 heavy (non-hydrogen) atoms. The number of carbonyl (C=O) groups is 1. The van der Waals surface area contributed by atoms with Crippen LogP contribution >= 0.6 is 15.9 Å². The summed E-state index contributed by atoms with van der Waals surface area (Å²) < 4.78 is 1.07. The Morgan fingerprint density at radius 2 is 2.00 bits per heavy atom. The van der Waals surface area contributed by atoms with Gasteiger partial charge in [0, 0.05) is 16.6 Å². The lowest BCUT2D eigenvalue weighted by molar-refractivity contribution is -0.123. The van der Waals surface area contributed by atoms with E-state index in [1.54, 1.807) is 0 Å². The predicted molar refractivity (Wildman–Crippen MR) is 80.9 cm³/mol. The van der Waals surface area contributed by atoms with Crippen LogP contribution in [0.1, 0.15) is 44.7 Å². The molecule has 1 amide bonds. The Hall–Kier alpha value is -0.870. The zero-order valence-corrected chi connectivity index (χ0v) is 13.0. The van der Waals surface area contributed by atoms with E-state index in [1.165, 1.54) is 5.56 Å². The molecule has 4 heteroatoms. The molecule has 0 aromatic heterocycles. The van der Waals surface area contributed by atoms with Crippen LogP contribution in [0.3, 0.4) is 0 Å². The summed E-state index contributed by atoms with van der Waals surface area (Å²) >= 11 is 3.44. The Kier molecular flexibility index (Phi) is 4.99. The third-order valence-corrected chi connectivity index (χ3v) is 3.98. The smallest absolute Gasteiger partial charge is 0.237 e. The van der Waals surface area contributed by atoms with Gasteiger partial charge in [-0.2, -0.15) is 0 Å². The summed E-state index contributed by atoms with van der Waals surface area (Å²) in [6, 6.07) is 8.74. The van der Waals surface area contributed by atoms with E-state index in [4.69, 9.17) is 0 Å². The minimum Gasteiger partial charge on any atom is -0.352 e. The largest absolute Gasteiger partial charge is 0.352 e. The van der Waals surface area contributed by atoms with Crippen LogP contribution in [0.25, 0.3) is 0 Å². The summed E-state index contributed by atoms with van der Waals surface area (Å²) in [6.45, 7) is 4.06. The summed E-state index contributed by atoms with van der Waals surface area (Å²) in [7, 11) is 0. The SMILES string of the molecule is CC[C@H](N[C@@H](C)C(=O)NC1CC1)c1ccc(Br)cc1. The van der Waals surface area contributed by atoms with Gasteiger partial charge in [-0.1, -0.05) is 35.0 Å². The summed E-state index contributed by atoms with van der Waals surface area (Å²) in [5, 5.41) is 6.44. The number of benzene rings is 1. The van der Waals surface area contributed by atoms with Crippen LogP contribution in [0.4, 0.5) is 0 Å². The van der Waals surface area contributed by atoms with Crippen LogP contribution < -0.4 is 10.6 Å². The van der Waals surface area contributed by atoms with Crippen molar-refractivity contribution in [2.24, 2.45) is 0 Å². The maximum atomic E-state index is 11.9. The summed E-state index contributed by atoms with van der Waals surface area (Å²) in [5.41, 5.74) is 1.22. The van der Waals surface area contributed by atoms with Crippen LogP contribution in [0.15, 0.2) is 28.7 Å². The molecule has 0 radical (unpaired) electrons. The van der Waals surface area contributed by atoms with Gasteiger partial charge >= 0.3 is 0 Å². The number of halogens is 1. The van der Waals surface area contributed by atoms with E-state index < -0.39 is 0 Å². The number of hydrogen-bond donors (Lipinski definition) is 2. The van der Waals surface area contributed by atoms with E-state index in [-0.39, 0.29) is 18.0 Å². The quantitative estimate of drug-likeness (QED) is 0.843. The van der Waals surface area contributed by atoms with Crippen molar-refractivity contribution in [2.45, 2.75) is 51.2 Å². The zero-order valence-electron chi connectivity index (χ0n) is 11.4. The molecule has 104 valence electrons. The molecule has 0 unspecified atom stereocenters. The predicted octanol–water partition coefficient (Wildman–Crippen LogP) is 3.16. The van der Waals surface area contributed by atoms with Crippen molar-refractivity contribution >= 4 is 21.8 Å². The second-order valence-corrected chi connectivity index (χ2v) is 6.10. The van der Waals surface area contributed by atoms with Gasteiger partial charge in [0.2, 0.25) is 5.91 Å². The van der Waals surface area contributed by atoms with Crippen molar-refractivity contribution in [1.82, 2.24) is 10.6 Å². The van der Waals surface area contributed by atoms with Gasteiger partial charge in [0.1, 0.15) is 0 Å². The third kappa shape index (κ3) is 4.32. The van der Waals surface area contributed by atoms with Crippen LogP contribution in [0.5, 0.6) is 0 Å². The second kappa shape index (κ2) is 6.53. The normalized spacial score (nSPS) is 17.8. The van der Waals surface area contributed by atoms with E-state index in [2.05, 4.69) is 45.6 Å². The number of hydrogen-bond acceptors (Lipinski definition) is 2. The Balaban J connectivity index is 1.93. The molecular formula is C15H21BrN2O. The van der Waals surface area contributed by atoms with Gasteiger partial charge in [0.25, 0.3) is 0 Å². The van der Waals surface area contributed by atoms with Crippen molar-refractivity contribution in [3.63, 3.8) is 0 Å². The van der Waals surface area contributed by atoms with E-state index in [9.17, 15) is 4.79 Å². The van der Waals surface area contributed by atoms with Gasteiger partial charge in [-0.25, -0.2) is 0 Å². The molecule has 0 bridgehead atoms. The standard InChI is InChI=1S/C15H21BrN2O/c1-3-14(11-4-6-12(16)7-5-11)17-10(2)15(19)18-13-8-9-13/h4-7,10,13-14,17H,3,8-9H2,1-2H3,(H,18,19)/t10-,14-/m0/s1. The number of rotatable bonds is 6. The van der Waals surface area contributed by atoms with E-state index in [1.807, 2.05) is 19.1 Å². The zero-order chi connectivity index (χ0) is 13.8. The number of nitrogens with one attached hydrogen (secondary N) is 2. The average Bonchev–Trinajstić information content (AvgIpc) is 3.20. The Labute approximate surface area is 123 Å². The fourth-order valence-electron chi connectivity index (χ4n) is 2.08. The van der Waals surface area contributed by atoms with Gasteiger partial charge < -0.3 is 5.32 Å². The first-order valence-corrected chi connectivity index (χ1v) is 7.71. The maximum Gasteiger partial charge on any atom is 0.237 e. The molecule has 2 atom stereocenters.